The van der Waals surface area contributed by atoms with Gasteiger partial charge in [0.1, 0.15) is 11.6 Å². The zero-order valence-corrected chi connectivity index (χ0v) is 14.5. The molecule has 0 bridgehead atoms. The number of imidazole rings is 1. The van der Waals surface area contributed by atoms with E-state index in [9.17, 15) is 4.39 Å². The fourth-order valence-corrected chi connectivity index (χ4v) is 3.66. The Morgan fingerprint density at radius 2 is 2.24 bits per heavy atom. The van der Waals surface area contributed by atoms with Crippen LogP contribution in [0.1, 0.15) is 31.6 Å². The summed E-state index contributed by atoms with van der Waals surface area (Å²) < 4.78 is 16.4. The van der Waals surface area contributed by atoms with Crippen LogP contribution in [0, 0.1) is 5.82 Å². The van der Waals surface area contributed by atoms with Crippen LogP contribution in [0.4, 0.5) is 4.39 Å². The third kappa shape index (κ3) is 2.71. The van der Waals surface area contributed by atoms with E-state index in [0.717, 1.165) is 30.7 Å². The lowest BCUT2D eigenvalue weighted by Gasteiger charge is -2.36. The molecule has 0 amide bonds. The van der Waals surface area contributed by atoms with Gasteiger partial charge in [-0.05, 0) is 48.8 Å². The van der Waals surface area contributed by atoms with E-state index in [1.807, 2.05) is 6.07 Å². The maximum Gasteiger partial charge on any atom is 0.139 e. The predicted molar refractivity (Wildman–Crippen MR) is 87.3 cm³/mol. The second kappa shape index (κ2) is 5.86. The first-order valence-electron chi connectivity index (χ1n) is 7.13. The lowest BCUT2D eigenvalue weighted by molar-refractivity contribution is 0.157. The second-order valence-corrected chi connectivity index (χ2v) is 6.92. The molecular formula is C15H18BrClFN3. The lowest BCUT2D eigenvalue weighted by Crippen LogP contribution is -2.38. The van der Waals surface area contributed by atoms with Crippen LogP contribution in [0.25, 0.3) is 11.0 Å². The van der Waals surface area contributed by atoms with Gasteiger partial charge in [0.05, 0.1) is 21.4 Å². The van der Waals surface area contributed by atoms with Crippen molar-refractivity contribution in [3.05, 3.63) is 28.2 Å². The normalized spacial score (nSPS) is 23.9. The Morgan fingerprint density at radius 3 is 2.90 bits per heavy atom. The Labute approximate surface area is 137 Å². The van der Waals surface area contributed by atoms with E-state index < -0.39 is 0 Å². The van der Waals surface area contributed by atoms with Crippen molar-refractivity contribution in [3.63, 3.8) is 0 Å². The van der Waals surface area contributed by atoms with Crippen LogP contribution in [0.15, 0.2) is 16.6 Å². The summed E-state index contributed by atoms with van der Waals surface area (Å²) in [6, 6.07) is 4.18. The Bertz CT molecular complexity index is 672. The van der Waals surface area contributed by atoms with Crippen molar-refractivity contribution in [2.75, 3.05) is 13.6 Å². The summed E-state index contributed by atoms with van der Waals surface area (Å²) in [4.78, 5) is 6.88. The first-order chi connectivity index (χ1) is 10.0. The van der Waals surface area contributed by atoms with Gasteiger partial charge < -0.3 is 9.47 Å². The van der Waals surface area contributed by atoms with Crippen LogP contribution in [-0.2, 0) is 5.88 Å². The fraction of sp³-hybridized carbons (Fsp3) is 0.533. The molecule has 2 unspecified atom stereocenters. The molecule has 0 spiro atoms. The van der Waals surface area contributed by atoms with Crippen molar-refractivity contribution in [1.82, 2.24) is 14.5 Å². The summed E-state index contributed by atoms with van der Waals surface area (Å²) in [5.74, 6) is 0.880. The van der Waals surface area contributed by atoms with Gasteiger partial charge in [-0.15, -0.1) is 11.6 Å². The molecule has 6 heteroatoms. The van der Waals surface area contributed by atoms with E-state index in [4.69, 9.17) is 11.6 Å². The van der Waals surface area contributed by atoms with Gasteiger partial charge in [-0.3, -0.25) is 0 Å². The highest BCUT2D eigenvalue weighted by molar-refractivity contribution is 9.10. The van der Waals surface area contributed by atoms with Gasteiger partial charge in [-0.25, -0.2) is 9.37 Å². The molecule has 2 atom stereocenters. The average molecular weight is 375 g/mol. The quantitative estimate of drug-likeness (QED) is 0.730. The van der Waals surface area contributed by atoms with E-state index >= 15 is 0 Å². The third-order valence-electron chi connectivity index (χ3n) is 4.47. The van der Waals surface area contributed by atoms with Gasteiger partial charge in [-0.2, -0.15) is 0 Å². The van der Waals surface area contributed by atoms with E-state index in [2.05, 4.69) is 44.4 Å². The number of rotatable bonds is 2. The van der Waals surface area contributed by atoms with Gasteiger partial charge in [0.25, 0.3) is 0 Å². The van der Waals surface area contributed by atoms with E-state index in [1.165, 1.54) is 6.07 Å². The lowest BCUT2D eigenvalue weighted by atomic mass is 9.98. The van der Waals surface area contributed by atoms with Crippen molar-refractivity contribution in [2.45, 2.75) is 37.7 Å². The number of aromatic nitrogens is 2. The molecule has 1 aliphatic heterocycles. The molecule has 2 aromatic rings. The molecule has 1 fully saturated rings. The third-order valence-corrected chi connectivity index (χ3v) is 5.32. The summed E-state index contributed by atoms with van der Waals surface area (Å²) in [5, 5.41) is 0. The SMILES string of the molecule is CC1CC(n2c(CCl)nc3cc(F)c(Br)cc32)CCN1C. The number of likely N-dealkylation sites (tertiary alicyclic amines) is 1. The first-order valence-corrected chi connectivity index (χ1v) is 8.46. The largest absolute Gasteiger partial charge is 0.324 e. The molecule has 1 aromatic heterocycles. The highest BCUT2D eigenvalue weighted by Gasteiger charge is 2.27. The molecule has 1 aromatic carbocycles. The smallest absolute Gasteiger partial charge is 0.139 e. The average Bonchev–Trinajstić information content (AvgIpc) is 2.80. The molecule has 3 rings (SSSR count). The van der Waals surface area contributed by atoms with Crippen LogP contribution in [-0.4, -0.2) is 34.1 Å². The number of alkyl halides is 1. The van der Waals surface area contributed by atoms with Gasteiger partial charge in [0.2, 0.25) is 0 Å². The molecule has 1 aliphatic rings. The van der Waals surface area contributed by atoms with Gasteiger partial charge in [0, 0.05) is 24.7 Å². The molecule has 0 saturated carbocycles. The molecule has 114 valence electrons. The number of fused-ring (bicyclic) bond motifs is 1. The Morgan fingerprint density at radius 1 is 1.48 bits per heavy atom. The highest BCUT2D eigenvalue weighted by Crippen LogP contribution is 2.33. The van der Waals surface area contributed by atoms with Crippen molar-refractivity contribution in [3.8, 4) is 0 Å². The van der Waals surface area contributed by atoms with Crippen LogP contribution >= 0.6 is 27.5 Å². The molecule has 3 nitrogen and oxygen atoms in total. The van der Waals surface area contributed by atoms with E-state index in [-0.39, 0.29) is 5.82 Å². The molecule has 0 N–H and O–H groups in total. The number of hydrogen-bond acceptors (Lipinski definition) is 2. The Hall–Kier alpha value is -0.650. The number of benzene rings is 1. The maximum absolute atomic E-state index is 13.7. The zero-order chi connectivity index (χ0) is 15.1. The van der Waals surface area contributed by atoms with Gasteiger partial charge in [0.15, 0.2) is 0 Å². The van der Waals surface area contributed by atoms with Crippen molar-refractivity contribution >= 4 is 38.6 Å². The van der Waals surface area contributed by atoms with Gasteiger partial charge in [-0.1, -0.05) is 0 Å². The summed E-state index contributed by atoms with van der Waals surface area (Å²) in [6.45, 7) is 3.29. The molecule has 1 saturated heterocycles. The minimum absolute atomic E-state index is 0.287. The van der Waals surface area contributed by atoms with Crippen molar-refractivity contribution in [1.29, 1.82) is 0 Å². The summed E-state index contributed by atoms with van der Waals surface area (Å²) in [6.07, 6.45) is 2.12. The fourth-order valence-electron chi connectivity index (χ4n) is 3.14. The van der Waals surface area contributed by atoms with E-state index in [0.29, 0.717) is 28.0 Å². The molecule has 2 heterocycles. The molecule has 0 aliphatic carbocycles. The topological polar surface area (TPSA) is 21.1 Å². The van der Waals surface area contributed by atoms with Crippen LogP contribution in [0.2, 0.25) is 0 Å². The second-order valence-electron chi connectivity index (χ2n) is 5.79. The van der Waals surface area contributed by atoms with Crippen molar-refractivity contribution in [2.24, 2.45) is 0 Å². The minimum Gasteiger partial charge on any atom is -0.324 e. The van der Waals surface area contributed by atoms with Crippen LogP contribution in [0.5, 0.6) is 0 Å². The number of piperidine rings is 1. The van der Waals surface area contributed by atoms with E-state index in [1.54, 1.807) is 0 Å². The van der Waals surface area contributed by atoms with Crippen molar-refractivity contribution < 1.29 is 4.39 Å². The Balaban J connectivity index is 2.10. The summed E-state index contributed by atoms with van der Waals surface area (Å²) in [7, 11) is 2.15. The van der Waals surface area contributed by atoms with Gasteiger partial charge >= 0.3 is 0 Å². The molecule has 21 heavy (non-hydrogen) atoms. The monoisotopic (exact) mass is 373 g/mol. The minimum atomic E-state index is -0.287. The summed E-state index contributed by atoms with van der Waals surface area (Å²) in [5.41, 5.74) is 1.64. The zero-order valence-electron chi connectivity index (χ0n) is 12.1. The number of halogens is 3. The van der Waals surface area contributed by atoms with Crippen LogP contribution < -0.4 is 0 Å². The molecular weight excluding hydrogens is 357 g/mol. The predicted octanol–water partition coefficient (Wildman–Crippen LogP) is 4.33. The highest BCUT2D eigenvalue weighted by atomic mass is 79.9. The number of hydrogen-bond donors (Lipinski definition) is 0. The molecule has 0 radical (unpaired) electrons. The first kappa shape index (κ1) is 15.3. The van der Waals surface area contributed by atoms with Crippen LogP contribution in [0.3, 0.4) is 0 Å². The maximum atomic E-state index is 13.7. The Kier molecular flexibility index (Phi) is 4.26. The standard InChI is InChI=1S/C15H18BrClFN3/c1-9-5-10(3-4-20(9)2)21-14-6-11(16)12(18)7-13(14)19-15(21)8-17/h6-7,9-10H,3-5,8H2,1-2H3. The summed E-state index contributed by atoms with van der Waals surface area (Å²) >= 11 is 9.34. The number of nitrogens with zero attached hydrogens (tertiary/aromatic N) is 3.